The van der Waals surface area contributed by atoms with Gasteiger partial charge in [0.15, 0.2) is 0 Å². The summed E-state index contributed by atoms with van der Waals surface area (Å²) in [7, 11) is 0. The molecule has 0 radical (unpaired) electrons. The first-order valence-corrected chi connectivity index (χ1v) is 8.05. The Labute approximate surface area is 134 Å². The second-order valence-electron chi connectivity index (χ2n) is 6.53. The molecule has 2 heterocycles. The lowest BCUT2D eigenvalue weighted by Gasteiger charge is -2.35. The fourth-order valence-corrected chi connectivity index (χ4v) is 3.59. The molecule has 1 saturated heterocycles. The van der Waals surface area contributed by atoms with Crippen LogP contribution in [0.3, 0.4) is 0 Å². The highest BCUT2D eigenvalue weighted by molar-refractivity contribution is 5.82. The van der Waals surface area contributed by atoms with Crippen LogP contribution in [0.15, 0.2) is 24.3 Å². The Kier molecular flexibility index (Phi) is 4.25. The summed E-state index contributed by atoms with van der Waals surface area (Å²) < 4.78 is 38.7. The average Bonchev–Trinajstić information content (AvgIpc) is 2.83. The fraction of sp³-hybridized carbons (Fsp3) is 0.588. The zero-order valence-corrected chi connectivity index (χ0v) is 13.1. The predicted molar refractivity (Wildman–Crippen MR) is 82.3 cm³/mol. The third kappa shape index (κ3) is 3.31. The predicted octanol–water partition coefficient (Wildman–Crippen LogP) is 3.24. The molecule has 126 valence electrons. The van der Waals surface area contributed by atoms with Crippen molar-refractivity contribution >= 4 is 11.6 Å². The molecule has 0 aliphatic carbocycles. The van der Waals surface area contributed by atoms with Gasteiger partial charge in [0, 0.05) is 24.8 Å². The molecule has 2 unspecified atom stereocenters. The zero-order chi connectivity index (χ0) is 16.6. The number of fused-ring (bicyclic) bond motifs is 1. The van der Waals surface area contributed by atoms with Gasteiger partial charge in [-0.05, 0) is 37.8 Å². The van der Waals surface area contributed by atoms with E-state index in [1.54, 1.807) is 0 Å². The second kappa shape index (κ2) is 6.06. The maximum atomic E-state index is 12.9. The highest BCUT2D eigenvalue weighted by atomic mass is 19.4. The minimum absolute atomic E-state index is 0.121. The number of benzene rings is 1. The fourth-order valence-electron chi connectivity index (χ4n) is 3.59. The SMILES string of the molecule is CC1Cc2ccccc2N1CC(=O)N1CCCC(C(F)(F)F)C1. The Balaban J connectivity index is 1.68. The van der Waals surface area contributed by atoms with Gasteiger partial charge in [0.1, 0.15) is 0 Å². The number of para-hydroxylation sites is 1. The molecule has 1 fully saturated rings. The summed E-state index contributed by atoms with van der Waals surface area (Å²) in [6.07, 6.45) is -2.81. The van der Waals surface area contributed by atoms with Gasteiger partial charge in [-0.15, -0.1) is 0 Å². The molecular weight excluding hydrogens is 305 g/mol. The average molecular weight is 326 g/mol. The summed E-state index contributed by atoms with van der Waals surface area (Å²) in [5.41, 5.74) is 2.22. The lowest BCUT2D eigenvalue weighted by Crippen LogP contribution is -2.48. The van der Waals surface area contributed by atoms with Crippen LogP contribution in [-0.2, 0) is 11.2 Å². The first-order valence-electron chi connectivity index (χ1n) is 8.05. The van der Waals surface area contributed by atoms with E-state index in [1.165, 1.54) is 10.5 Å². The summed E-state index contributed by atoms with van der Waals surface area (Å²) in [6, 6.07) is 8.10. The third-order valence-electron chi connectivity index (χ3n) is 4.89. The van der Waals surface area contributed by atoms with E-state index in [1.807, 2.05) is 36.1 Å². The number of anilines is 1. The van der Waals surface area contributed by atoms with Crippen molar-refractivity contribution in [3.8, 4) is 0 Å². The number of rotatable bonds is 2. The van der Waals surface area contributed by atoms with Crippen LogP contribution >= 0.6 is 0 Å². The van der Waals surface area contributed by atoms with E-state index in [2.05, 4.69) is 0 Å². The Morgan fingerprint density at radius 1 is 1.30 bits per heavy atom. The van der Waals surface area contributed by atoms with E-state index in [-0.39, 0.29) is 31.5 Å². The Morgan fingerprint density at radius 2 is 2.04 bits per heavy atom. The van der Waals surface area contributed by atoms with Crippen molar-refractivity contribution in [1.29, 1.82) is 0 Å². The Hall–Kier alpha value is -1.72. The lowest BCUT2D eigenvalue weighted by atomic mass is 9.97. The van der Waals surface area contributed by atoms with Crippen molar-refractivity contribution in [1.82, 2.24) is 4.90 Å². The molecule has 0 bridgehead atoms. The van der Waals surface area contributed by atoms with Gasteiger partial charge in [0.2, 0.25) is 5.91 Å². The number of piperidine rings is 1. The number of carbonyl (C=O) groups is 1. The van der Waals surface area contributed by atoms with Gasteiger partial charge < -0.3 is 9.80 Å². The normalized spacial score (nSPS) is 24.7. The van der Waals surface area contributed by atoms with Gasteiger partial charge in [-0.2, -0.15) is 13.2 Å². The quantitative estimate of drug-likeness (QED) is 0.833. The van der Waals surface area contributed by atoms with Gasteiger partial charge in [0.05, 0.1) is 12.5 Å². The van der Waals surface area contributed by atoms with Crippen LogP contribution in [0.4, 0.5) is 18.9 Å². The maximum Gasteiger partial charge on any atom is 0.393 e. The monoisotopic (exact) mass is 326 g/mol. The molecule has 0 N–H and O–H groups in total. The number of halogens is 3. The number of amides is 1. The lowest BCUT2D eigenvalue weighted by molar-refractivity contribution is -0.187. The number of likely N-dealkylation sites (tertiary alicyclic amines) is 1. The molecular formula is C17H21F3N2O. The van der Waals surface area contributed by atoms with Crippen molar-refractivity contribution in [2.75, 3.05) is 24.5 Å². The van der Waals surface area contributed by atoms with Crippen LogP contribution in [0.1, 0.15) is 25.3 Å². The van der Waals surface area contributed by atoms with Crippen LogP contribution in [0, 0.1) is 5.92 Å². The standard InChI is InChI=1S/C17H21F3N2O/c1-12-9-13-5-2-3-7-15(13)22(12)11-16(23)21-8-4-6-14(10-21)17(18,19)20/h2-3,5,7,12,14H,4,6,8-11H2,1H3. The maximum absolute atomic E-state index is 12.9. The summed E-state index contributed by atoms with van der Waals surface area (Å²) in [5, 5.41) is 0. The van der Waals surface area contributed by atoms with Crippen LogP contribution in [0.25, 0.3) is 0 Å². The number of alkyl halides is 3. The summed E-state index contributed by atoms with van der Waals surface area (Å²) >= 11 is 0. The molecule has 2 aliphatic rings. The number of carbonyl (C=O) groups excluding carboxylic acids is 1. The molecule has 1 amide bonds. The Bertz CT molecular complexity index is 587. The molecule has 2 atom stereocenters. The number of hydrogen-bond donors (Lipinski definition) is 0. The molecule has 0 saturated carbocycles. The Morgan fingerprint density at radius 3 is 2.78 bits per heavy atom. The zero-order valence-electron chi connectivity index (χ0n) is 13.1. The first kappa shape index (κ1) is 16.1. The largest absolute Gasteiger partial charge is 0.393 e. The molecule has 1 aromatic carbocycles. The summed E-state index contributed by atoms with van der Waals surface area (Å²) in [4.78, 5) is 15.9. The van der Waals surface area contributed by atoms with Crippen molar-refractivity contribution in [2.45, 2.75) is 38.4 Å². The van der Waals surface area contributed by atoms with E-state index in [4.69, 9.17) is 0 Å². The van der Waals surface area contributed by atoms with Crippen molar-refractivity contribution < 1.29 is 18.0 Å². The van der Waals surface area contributed by atoms with Crippen LogP contribution in [0.5, 0.6) is 0 Å². The van der Waals surface area contributed by atoms with Gasteiger partial charge >= 0.3 is 6.18 Å². The van der Waals surface area contributed by atoms with Crippen molar-refractivity contribution in [2.24, 2.45) is 5.92 Å². The highest BCUT2D eigenvalue weighted by Crippen LogP contribution is 2.34. The van der Waals surface area contributed by atoms with E-state index < -0.39 is 12.1 Å². The first-order chi connectivity index (χ1) is 10.9. The highest BCUT2D eigenvalue weighted by Gasteiger charge is 2.43. The summed E-state index contributed by atoms with van der Waals surface area (Å²) in [5.74, 6) is -1.59. The van der Waals surface area contributed by atoms with Gasteiger partial charge in [-0.3, -0.25) is 4.79 Å². The number of hydrogen-bond acceptors (Lipinski definition) is 2. The summed E-state index contributed by atoms with van der Waals surface area (Å²) in [6.45, 7) is 2.42. The third-order valence-corrected chi connectivity index (χ3v) is 4.89. The van der Waals surface area contributed by atoms with Crippen molar-refractivity contribution in [3.05, 3.63) is 29.8 Å². The smallest absolute Gasteiger partial charge is 0.359 e. The van der Waals surface area contributed by atoms with Gasteiger partial charge in [0.25, 0.3) is 0 Å². The van der Waals surface area contributed by atoms with E-state index in [0.717, 1.165) is 12.1 Å². The molecule has 23 heavy (non-hydrogen) atoms. The number of nitrogens with zero attached hydrogens (tertiary/aromatic N) is 2. The van der Waals surface area contributed by atoms with E-state index >= 15 is 0 Å². The van der Waals surface area contributed by atoms with E-state index in [0.29, 0.717) is 13.0 Å². The topological polar surface area (TPSA) is 23.6 Å². The molecule has 3 rings (SSSR count). The minimum Gasteiger partial charge on any atom is -0.359 e. The van der Waals surface area contributed by atoms with Crippen molar-refractivity contribution in [3.63, 3.8) is 0 Å². The van der Waals surface area contributed by atoms with Gasteiger partial charge in [-0.25, -0.2) is 0 Å². The minimum atomic E-state index is -4.22. The second-order valence-corrected chi connectivity index (χ2v) is 6.53. The van der Waals surface area contributed by atoms with E-state index in [9.17, 15) is 18.0 Å². The van der Waals surface area contributed by atoms with Crippen LogP contribution in [-0.4, -0.2) is 42.7 Å². The molecule has 0 spiro atoms. The van der Waals surface area contributed by atoms with Crippen LogP contribution < -0.4 is 4.90 Å². The van der Waals surface area contributed by atoms with Gasteiger partial charge in [-0.1, -0.05) is 18.2 Å². The molecule has 2 aliphatic heterocycles. The molecule has 1 aromatic rings. The molecule has 6 heteroatoms. The molecule has 0 aromatic heterocycles. The van der Waals surface area contributed by atoms with Crippen LogP contribution in [0.2, 0.25) is 0 Å². The molecule has 3 nitrogen and oxygen atoms in total.